The van der Waals surface area contributed by atoms with Gasteiger partial charge in [-0.05, 0) is 30.3 Å². The minimum absolute atomic E-state index is 0.303. The molecule has 1 amide bonds. The second kappa shape index (κ2) is 5.48. The molecule has 118 valence electrons. The molecular weight excluding hydrogens is 314 g/mol. The monoisotopic (exact) mass is 329 g/mol. The van der Waals surface area contributed by atoms with Crippen molar-refractivity contribution in [3.05, 3.63) is 64.7 Å². The number of para-hydroxylation sites is 1. The number of rotatable bonds is 3. The number of benzene rings is 2. The molecule has 0 radical (unpaired) electrons. The van der Waals surface area contributed by atoms with Crippen LogP contribution in [0.25, 0.3) is 0 Å². The van der Waals surface area contributed by atoms with E-state index in [1.807, 2.05) is 0 Å². The van der Waals surface area contributed by atoms with E-state index in [1.54, 1.807) is 62.5 Å². The second-order valence-corrected chi connectivity index (χ2v) is 6.18. The number of hydrogen-bond acceptors (Lipinski definition) is 3. The van der Waals surface area contributed by atoms with E-state index in [-0.39, 0.29) is 5.78 Å². The Balaban J connectivity index is 2.04. The first kappa shape index (κ1) is 15.7. The molecule has 0 saturated carbocycles. The Morgan fingerprint density at radius 1 is 1.17 bits per heavy atom. The van der Waals surface area contributed by atoms with Crippen LogP contribution in [0.2, 0.25) is 5.02 Å². The molecule has 0 aromatic heterocycles. The van der Waals surface area contributed by atoms with Gasteiger partial charge in [-0.1, -0.05) is 36.7 Å². The number of aliphatic hydroxyl groups is 1. The zero-order chi connectivity index (χ0) is 16.8. The summed E-state index contributed by atoms with van der Waals surface area (Å²) in [5.41, 5.74) is -0.365. The summed E-state index contributed by atoms with van der Waals surface area (Å²) in [5, 5.41) is 11.6. The van der Waals surface area contributed by atoms with Crippen LogP contribution in [0, 0.1) is 5.92 Å². The quantitative estimate of drug-likeness (QED) is 0.881. The summed E-state index contributed by atoms with van der Waals surface area (Å²) in [6, 6.07) is 13.4. The van der Waals surface area contributed by atoms with Gasteiger partial charge in [-0.2, -0.15) is 0 Å². The van der Waals surface area contributed by atoms with Crippen molar-refractivity contribution in [3.63, 3.8) is 0 Å². The lowest BCUT2D eigenvalue weighted by Gasteiger charge is -2.28. The van der Waals surface area contributed by atoms with E-state index in [0.29, 0.717) is 21.8 Å². The summed E-state index contributed by atoms with van der Waals surface area (Å²) >= 11 is 5.84. The standard InChI is InChI=1S/C18H16ClNO3/c1-11(16(21)12-7-9-13(19)10-8-12)18(23)14-5-3-4-6-15(14)20(2)17(18)22/h3-11,23H,1-2H3/t11-,18+/m1/s1. The molecule has 0 bridgehead atoms. The third-order valence-corrected chi connectivity index (χ3v) is 4.71. The van der Waals surface area contributed by atoms with Gasteiger partial charge < -0.3 is 10.0 Å². The number of anilines is 1. The number of nitrogens with zero attached hydrogens (tertiary/aromatic N) is 1. The highest BCUT2D eigenvalue weighted by atomic mass is 35.5. The Labute approximate surface area is 139 Å². The molecule has 5 heteroatoms. The number of hydrogen-bond donors (Lipinski definition) is 1. The summed E-state index contributed by atoms with van der Waals surface area (Å²) in [6.07, 6.45) is 0. The van der Waals surface area contributed by atoms with Gasteiger partial charge in [0.25, 0.3) is 5.91 Å². The number of carbonyl (C=O) groups is 2. The average Bonchev–Trinajstić information content (AvgIpc) is 2.77. The normalized spacial score (nSPS) is 21.2. The molecule has 1 aliphatic rings. The smallest absolute Gasteiger partial charge is 0.264 e. The molecule has 23 heavy (non-hydrogen) atoms. The summed E-state index contributed by atoms with van der Waals surface area (Å²) < 4.78 is 0. The van der Waals surface area contributed by atoms with Crippen molar-refractivity contribution in [1.82, 2.24) is 0 Å². The molecule has 1 N–H and O–H groups in total. The van der Waals surface area contributed by atoms with Gasteiger partial charge in [-0.25, -0.2) is 0 Å². The first-order valence-electron chi connectivity index (χ1n) is 7.27. The molecule has 0 aliphatic carbocycles. The molecule has 0 spiro atoms. The zero-order valence-corrected chi connectivity index (χ0v) is 13.5. The third kappa shape index (κ3) is 2.26. The fraction of sp³-hybridized carbons (Fsp3) is 0.222. The van der Waals surface area contributed by atoms with Gasteiger partial charge in [0.15, 0.2) is 11.4 Å². The Morgan fingerprint density at radius 2 is 1.78 bits per heavy atom. The minimum atomic E-state index is -1.86. The lowest BCUT2D eigenvalue weighted by atomic mass is 9.79. The molecule has 1 heterocycles. The predicted molar refractivity (Wildman–Crippen MR) is 88.7 cm³/mol. The number of Topliss-reactive ketones (excluding diaryl/α,β-unsaturated/α-hetero) is 1. The van der Waals surface area contributed by atoms with Gasteiger partial charge in [0.2, 0.25) is 0 Å². The van der Waals surface area contributed by atoms with Crippen molar-refractivity contribution >= 4 is 29.0 Å². The number of carbonyl (C=O) groups excluding carboxylic acids is 2. The van der Waals surface area contributed by atoms with Crippen molar-refractivity contribution in [2.24, 2.45) is 5.92 Å². The molecule has 4 nitrogen and oxygen atoms in total. The van der Waals surface area contributed by atoms with Crippen LogP contribution in [-0.2, 0) is 10.4 Å². The number of ketones is 1. The van der Waals surface area contributed by atoms with Crippen molar-refractivity contribution in [2.45, 2.75) is 12.5 Å². The maximum absolute atomic E-state index is 12.7. The zero-order valence-electron chi connectivity index (χ0n) is 12.8. The summed E-state index contributed by atoms with van der Waals surface area (Å²) in [4.78, 5) is 26.7. The fourth-order valence-electron chi connectivity index (χ4n) is 3.04. The van der Waals surface area contributed by atoms with Crippen molar-refractivity contribution in [3.8, 4) is 0 Å². The SMILES string of the molecule is C[C@H](C(=O)c1ccc(Cl)cc1)[C@@]1(O)C(=O)N(C)c2ccccc21. The predicted octanol–water partition coefficient (Wildman–Crippen LogP) is 3.02. The largest absolute Gasteiger partial charge is 0.375 e. The van der Waals surface area contributed by atoms with Crippen LogP contribution in [-0.4, -0.2) is 23.8 Å². The Bertz CT molecular complexity index is 787. The average molecular weight is 330 g/mol. The molecule has 2 atom stereocenters. The van der Waals surface area contributed by atoms with Crippen molar-refractivity contribution < 1.29 is 14.7 Å². The van der Waals surface area contributed by atoms with E-state index in [0.717, 1.165) is 0 Å². The molecular formula is C18H16ClNO3. The van der Waals surface area contributed by atoms with Gasteiger partial charge in [0, 0.05) is 23.2 Å². The number of amides is 1. The molecule has 2 aromatic carbocycles. The Hall–Kier alpha value is -2.17. The first-order chi connectivity index (χ1) is 10.9. The highest BCUT2D eigenvalue weighted by Crippen LogP contribution is 2.44. The second-order valence-electron chi connectivity index (χ2n) is 5.74. The third-order valence-electron chi connectivity index (χ3n) is 4.46. The molecule has 0 fully saturated rings. The van der Waals surface area contributed by atoms with Crippen LogP contribution >= 0.6 is 11.6 Å². The Morgan fingerprint density at radius 3 is 2.43 bits per heavy atom. The molecule has 1 aliphatic heterocycles. The maximum atomic E-state index is 12.7. The molecule has 3 rings (SSSR count). The molecule has 0 unspecified atom stereocenters. The van der Waals surface area contributed by atoms with Gasteiger partial charge in [-0.3, -0.25) is 9.59 Å². The number of likely N-dealkylation sites (N-methyl/N-ethyl adjacent to an activating group) is 1. The Kier molecular flexibility index (Phi) is 3.74. The lowest BCUT2D eigenvalue weighted by molar-refractivity contribution is -0.139. The van der Waals surface area contributed by atoms with E-state index >= 15 is 0 Å². The summed E-state index contributed by atoms with van der Waals surface area (Å²) in [7, 11) is 1.60. The van der Waals surface area contributed by atoms with E-state index in [2.05, 4.69) is 0 Å². The van der Waals surface area contributed by atoms with Crippen LogP contribution in [0.15, 0.2) is 48.5 Å². The van der Waals surface area contributed by atoms with Crippen LogP contribution in [0.5, 0.6) is 0 Å². The van der Waals surface area contributed by atoms with Crippen LogP contribution in [0.4, 0.5) is 5.69 Å². The van der Waals surface area contributed by atoms with Gasteiger partial charge in [-0.15, -0.1) is 0 Å². The van der Waals surface area contributed by atoms with Crippen LogP contribution in [0.1, 0.15) is 22.8 Å². The highest BCUT2D eigenvalue weighted by Gasteiger charge is 2.54. The van der Waals surface area contributed by atoms with Crippen LogP contribution in [0.3, 0.4) is 0 Å². The highest BCUT2D eigenvalue weighted by molar-refractivity contribution is 6.30. The van der Waals surface area contributed by atoms with Crippen molar-refractivity contribution in [1.29, 1.82) is 0 Å². The van der Waals surface area contributed by atoms with Gasteiger partial charge in [0.1, 0.15) is 0 Å². The first-order valence-corrected chi connectivity index (χ1v) is 7.65. The van der Waals surface area contributed by atoms with Crippen LogP contribution < -0.4 is 4.90 Å². The van der Waals surface area contributed by atoms with E-state index in [4.69, 9.17) is 11.6 Å². The van der Waals surface area contributed by atoms with E-state index in [9.17, 15) is 14.7 Å². The summed E-state index contributed by atoms with van der Waals surface area (Å²) in [5.74, 6) is -1.71. The van der Waals surface area contributed by atoms with E-state index in [1.165, 1.54) is 4.90 Å². The van der Waals surface area contributed by atoms with E-state index < -0.39 is 17.4 Å². The number of fused-ring (bicyclic) bond motifs is 1. The fourth-order valence-corrected chi connectivity index (χ4v) is 3.17. The lowest BCUT2D eigenvalue weighted by Crippen LogP contribution is -2.46. The maximum Gasteiger partial charge on any atom is 0.264 e. The topological polar surface area (TPSA) is 57.6 Å². The summed E-state index contributed by atoms with van der Waals surface area (Å²) in [6.45, 7) is 1.57. The molecule has 2 aromatic rings. The van der Waals surface area contributed by atoms with Gasteiger partial charge >= 0.3 is 0 Å². The number of halogens is 1. The van der Waals surface area contributed by atoms with Crippen molar-refractivity contribution in [2.75, 3.05) is 11.9 Å². The minimum Gasteiger partial charge on any atom is -0.375 e. The molecule has 0 saturated heterocycles. The van der Waals surface area contributed by atoms with Gasteiger partial charge in [0.05, 0.1) is 11.6 Å².